The molecule has 0 spiro atoms. The van der Waals surface area contributed by atoms with Crippen LogP contribution in [0.5, 0.6) is 5.75 Å². The third kappa shape index (κ3) is 4.06. The van der Waals surface area contributed by atoms with Gasteiger partial charge in [0.15, 0.2) is 5.78 Å². The molecule has 6 heteroatoms. The van der Waals surface area contributed by atoms with Crippen LogP contribution in [0.15, 0.2) is 29.8 Å². The van der Waals surface area contributed by atoms with Gasteiger partial charge in [-0.15, -0.1) is 13.2 Å². The lowest BCUT2D eigenvalue weighted by Gasteiger charge is -2.73. The molecule has 0 amide bonds. The lowest BCUT2D eigenvalue weighted by Crippen LogP contribution is -2.67. The van der Waals surface area contributed by atoms with E-state index in [4.69, 9.17) is 4.74 Å². The van der Waals surface area contributed by atoms with Gasteiger partial charge in [-0.1, -0.05) is 66.7 Å². The van der Waals surface area contributed by atoms with Crippen LogP contribution in [-0.2, 0) is 9.53 Å². The van der Waals surface area contributed by atoms with Crippen LogP contribution in [-0.4, -0.2) is 24.9 Å². The van der Waals surface area contributed by atoms with Crippen molar-refractivity contribution in [1.82, 2.24) is 0 Å². The lowest BCUT2D eigenvalue weighted by molar-refractivity contribution is -0.274. The number of alkyl halides is 3. The van der Waals surface area contributed by atoms with Gasteiger partial charge < -0.3 is 9.47 Å². The molecule has 5 aliphatic carbocycles. The fourth-order valence-electron chi connectivity index (χ4n) is 13.0. The maximum Gasteiger partial charge on any atom is 0.573 e. The standard InChI is InChI=1S/C38H51F3O3/c1-32(2)16-18-37-19-17-35(6)25(29(37)31(32)43-22-37)12-13-28-34(5)21-24(20-23-10-8-9-11-26(23)44-38(39,40)41)30(42)33(3,4)27(34)14-15-36(28,35)7/h8-11,20,25,27-29,31H,12-19,21-22H2,1-7H3/b24-20+/t25-,27-,28-,29+,31-,34+,35-,36-,37-/m1/s1. The average molecular weight is 613 g/mol. The summed E-state index contributed by atoms with van der Waals surface area (Å²) in [4.78, 5) is 14.1. The Morgan fingerprint density at radius 3 is 2.30 bits per heavy atom. The second kappa shape index (κ2) is 9.38. The van der Waals surface area contributed by atoms with Gasteiger partial charge in [-0.05, 0) is 126 Å². The van der Waals surface area contributed by atoms with E-state index in [9.17, 15) is 18.0 Å². The summed E-state index contributed by atoms with van der Waals surface area (Å²) in [5.41, 5.74) is 1.12. The Morgan fingerprint density at radius 2 is 1.57 bits per heavy atom. The maximum absolute atomic E-state index is 14.1. The van der Waals surface area contributed by atoms with E-state index < -0.39 is 11.8 Å². The Balaban J connectivity index is 1.27. The van der Waals surface area contributed by atoms with Gasteiger partial charge in [0, 0.05) is 11.0 Å². The van der Waals surface area contributed by atoms with Crippen molar-refractivity contribution in [2.45, 2.75) is 119 Å². The number of halogens is 3. The molecule has 9 atom stereocenters. The van der Waals surface area contributed by atoms with Crippen LogP contribution in [0.3, 0.4) is 0 Å². The highest BCUT2D eigenvalue weighted by atomic mass is 19.4. The quantitative estimate of drug-likeness (QED) is 0.312. The molecule has 1 aliphatic heterocycles. The molecule has 1 saturated heterocycles. The van der Waals surface area contributed by atoms with Gasteiger partial charge in [0.05, 0.1) is 12.7 Å². The van der Waals surface area contributed by atoms with Crippen LogP contribution in [0.1, 0.15) is 112 Å². The van der Waals surface area contributed by atoms with Crippen molar-refractivity contribution in [2.24, 2.45) is 56.2 Å². The SMILES string of the molecule is CC1(C)CC[C@]23CC[C@]4(C)[C@H](CC[C@@H]5[C@@]6(C)C/C(=C\c7ccccc7OC(F)(F)F)C(=O)C(C)(C)[C@H]6CC[C@]54C)[C@H]2[C@H]1OC3. The second-order valence-electron chi connectivity index (χ2n) is 17.8. The Labute approximate surface area is 261 Å². The molecule has 7 rings (SSSR count). The van der Waals surface area contributed by atoms with E-state index in [0.717, 1.165) is 25.9 Å². The molecule has 6 fully saturated rings. The van der Waals surface area contributed by atoms with E-state index >= 15 is 0 Å². The predicted molar refractivity (Wildman–Crippen MR) is 166 cm³/mol. The summed E-state index contributed by atoms with van der Waals surface area (Å²) >= 11 is 0. The Hall–Kier alpha value is -1.82. The molecule has 0 unspecified atom stereocenters. The van der Waals surface area contributed by atoms with Gasteiger partial charge in [0.25, 0.3) is 0 Å². The van der Waals surface area contributed by atoms with Crippen LogP contribution in [0.25, 0.3) is 6.08 Å². The van der Waals surface area contributed by atoms with Gasteiger partial charge in [0.1, 0.15) is 5.75 Å². The smallest absolute Gasteiger partial charge is 0.405 e. The van der Waals surface area contributed by atoms with Crippen LogP contribution < -0.4 is 4.74 Å². The summed E-state index contributed by atoms with van der Waals surface area (Å²) in [5.74, 6) is 1.76. The number of benzene rings is 1. The molecule has 6 aliphatic rings. The summed E-state index contributed by atoms with van der Waals surface area (Å²) in [6, 6.07) is 6.21. The second-order valence-corrected chi connectivity index (χ2v) is 17.8. The van der Waals surface area contributed by atoms with Gasteiger partial charge in [0.2, 0.25) is 0 Å². The molecule has 44 heavy (non-hydrogen) atoms. The normalized spacial score (nSPS) is 46.5. The largest absolute Gasteiger partial charge is 0.573 e. The number of hydrogen-bond donors (Lipinski definition) is 0. The highest BCUT2D eigenvalue weighted by molar-refractivity contribution is 6.04. The Kier molecular flexibility index (Phi) is 6.57. The number of hydrogen-bond acceptors (Lipinski definition) is 3. The van der Waals surface area contributed by atoms with E-state index in [0.29, 0.717) is 46.8 Å². The average Bonchev–Trinajstić information content (AvgIpc) is 3.26. The number of allylic oxidation sites excluding steroid dienone is 1. The van der Waals surface area contributed by atoms with Crippen molar-refractivity contribution in [3.63, 3.8) is 0 Å². The predicted octanol–water partition coefficient (Wildman–Crippen LogP) is 10.0. The minimum Gasteiger partial charge on any atom is -0.405 e. The molecule has 1 aromatic rings. The number of carbonyl (C=O) groups is 1. The van der Waals surface area contributed by atoms with Gasteiger partial charge in [-0.25, -0.2) is 0 Å². The molecule has 242 valence electrons. The summed E-state index contributed by atoms with van der Waals surface area (Å²) in [5, 5.41) is 0. The van der Waals surface area contributed by atoms with E-state index in [-0.39, 0.29) is 39.1 Å². The topological polar surface area (TPSA) is 35.5 Å². The zero-order chi connectivity index (χ0) is 31.7. The van der Waals surface area contributed by atoms with Crippen molar-refractivity contribution in [3.05, 3.63) is 35.4 Å². The number of Topliss-reactive ketones (excluding diaryl/α,β-unsaturated/α-hetero) is 1. The summed E-state index contributed by atoms with van der Waals surface area (Å²) in [7, 11) is 0. The van der Waals surface area contributed by atoms with Crippen LogP contribution >= 0.6 is 0 Å². The minimum absolute atomic E-state index is 0.0723. The fourth-order valence-corrected chi connectivity index (χ4v) is 13.0. The van der Waals surface area contributed by atoms with Crippen molar-refractivity contribution < 1.29 is 27.4 Å². The molecule has 5 saturated carbocycles. The number of ether oxygens (including phenoxy) is 2. The zero-order valence-electron chi connectivity index (χ0n) is 27.7. The summed E-state index contributed by atoms with van der Waals surface area (Å²) in [6.07, 6.45) is 7.41. The van der Waals surface area contributed by atoms with Gasteiger partial charge >= 0.3 is 6.36 Å². The van der Waals surface area contributed by atoms with Crippen molar-refractivity contribution in [3.8, 4) is 5.75 Å². The summed E-state index contributed by atoms with van der Waals surface area (Å²) < 4.78 is 50.9. The molecule has 0 aromatic heterocycles. The number of rotatable bonds is 2. The molecule has 0 N–H and O–H groups in total. The monoisotopic (exact) mass is 612 g/mol. The molecular weight excluding hydrogens is 561 g/mol. The van der Waals surface area contributed by atoms with Crippen molar-refractivity contribution in [2.75, 3.05) is 6.61 Å². The fraction of sp³-hybridized carbons (Fsp3) is 0.763. The molecule has 3 nitrogen and oxygen atoms in total. The number of para-hydroxylation sites is 1. The first kappa shape index (κ1) is 30.8. The lowest BCUT2D eigenvalue weighted by atomic mass is 9.31. The number of carbonyl (C=O) groups excluding carboxylic acids is 1. The molecule has 1 aromatic carbocycles. The third-order valence-corrected chi connectivity index (χ3v) is 15.2. The van der Waals surface area contributed by atoms with Crippen LogP contribution in [0, 0.1) is 56.2 Å². The van der Waals surface area contributed by atoms with Crippen molar-refractivity contribution in [1.29, 1.82) is 0 Å². The molecule has 2 bridgehead atoms. The maximum atomic E-state index is 14.1. The molecule has 0 radical (unpaired) electrons. The summed E-state index contributed by atoms with van der Waals surface area (Å²) in [6.45, 7) is 17.6. The van der Waals surface area contributed by atoms with E-state index in [1.807, 2.05) is 0 Å². The zero-order valence-corrected chi connectivity index (χ0v) is 27.7. The molecular formula is C38H51F3O3. The van der Waals surface area contributed by atoms with Crippen LogP contribution in [0.2, 0.25) is 0 Å². The Bertz CT molecular complexity index is 1390. The first-order valence-corrected chi connectivity index (χ1v) is 17.1. The van der Waals surface area contributed by atoms with Crippen LogP contribution in [0.4, 0.5) is 13.2 Å². The van der Waals surface area contributed by atoms with E-state index in [2.05, 4.69) is 53.2 Å². The molecule has 1 heterocycles. The third-order valence-electron chi connectivity index (χ3n) is 15.2. The van der Waals surface area contributed by atoms with Crippen molar-refractivity contribution >= 4 is 11.9 Å². The highest BCUT2D eigenvalue weighted by Crippen LogP contribution is 2.78. The highest BCUT2D eigenvalue weighted by Gasteiger charge is 2.73. The number of ketones is 1. The number of fused-ring (bicyclic) bond motifs is 5. The minimum atomic E-state index is -4.79. The van der Waals surface area contributed by atoms with E-state index in [1.165, 1.54) is 44.2 Å². The first-order chi connectivity index (χ1) is 20.4. The van der Waals surface area contributed by atoms with Gasteiger partial charge in [-0.2, -0.15) is 0 Å². The van der Waals surface area contributed by atoms with E-state index in [1.54, 1.807) is 18.2 Å². The Morgan fingerprint density at radius 1 is 0.864 bits per heavy atom. The first-order valence-electron chi connectivity index (χ1n) is 17.1. The van der Waals surface area contributed by atoms with Gasteiger partial charge in [-0.3, -0.25) is 4.79 Å².